The highest BCUT2D eigenvalue weighted by molar-refractivity contribution is 7.92. The van der Waals surface area contributed by atoms with Gasteiger partial charge >= 0.3 is 5.51 Å². The third-order valence-corrected chi connectivity index (χ3v) is 8.25. The zero-order chi connectivity index (χ0) is 23.6. The maximum Gasteiger partial charge on any atom is 0.501 e. The summed E-state index contributed by atoms with van der Waals surface area (Å²) in [5.41, 5.74) is -5.27. The molecular weight excluding hydrogens is 445 g/mol. The normalized spacial score (nSPS) is 26.2. The number of phenolic OH excluding ortho intramolecular Hbond substituents is 1. The van der Waals surface area contributed by atoms with Crippen LogP contribution in [0, 0.1) is 0 Å². The van der Waals surface area contributed by atoms with Crippen molar-refractivity contribution in [3.63, 3.8) is 0 Å². The zero-order valence-electron chi connectivity index (χ0n) is 18.6. The number of rotatable bonds is 7. The zero-order valence-corrected chi connectivity index (χ0v) is 19.4. The molecule has 1 saturated carbocycles. The van der Waals surface area contributed by atoms with Crippen LogP contribution in [0.4, 0.5) is 18.9 Å². The van der Waals surface area contributed by atoms with Crippen LogP contribution < -0.4 is 5.32 Å². The number of hydrogen-bond donors (Lipinski definition) is 2. The van der Waals surface area contributed by atoms with E-state index in [9.17, 15) is 26.7 Å². The topological polar surface area (TPSA) is 78.9 Å². The Balaban J connectivity index is 1.58. The van der Waals surface area contributed by atoms with Gasteiger partial charge in [-0.1, -0.05) is 6.92 Å². The molecule has 0 atom stereocenters. The van der Waals surface area contributed by atoms with Crippen LogP contribution in [0.1, 0.15) is 58.8 Å². The molecule has 1 saturated heterocycles. The molecule has 2 N–H and O–H groups in total. The van der Waals surface area contributed by atoms with Crippen molar-refractivity contribution in [2.45, 2.75) is 86.9 Å². The van der Waals surface area contributed by atoms with Crippen LogP contribution in [0.2, 0.25) is 0 Å². The summed E-state index contributed by atoms with van der Waals surface area (Å²) in [6, 6.07) is 2.56. The number of hydrogen-bond acceptors (Lipinski definition) is 6. The molecule has 10 heteroatoms. The fourth-order valence-electron chi connectivity index (χ4n) is 4.70. The Bertz CT molecular complexity index is 876. The number of sulfone groups is 1. The van der Waals surface area contributed by atoms with Gasteiger partial charge in [-0.25, -0.2) is 8.42 Å². The number of anilines is 1. The maximum absolute atomic E-state index is 12.9. The summed E-state index contributed by atoms with van der Waals surface area (Å²) in [6.07, 6.45) is 7.09. The second kappa shape index (κ2) is 9.77. The number of ether oxygens (including phenoxy) is 1. The van der Waals surface area contributed by atoms with E-state index in [2.05, 4.69) is 24.1 Å². The number of nitrogens with one attached hydrogen (secondary N) is 1. The van der Waals surface area contributed by atoms with Gasteiger partial charge in [-0.2, -0.15) is 13.2 Å². The molecule has 0 unspecified atom stereocenters. The number of halogens is 3. The number of nitrogens with zero attached hydrogens (tertiary/aromatic N) is 1. The molecule has 0 spiro atoms. The van der Waals surface area contributed by atoms with Crippen molar-refractivity contribution in [3.05, 3.63) is 18.2 Å². The number of alkyl halides is 3. The van der Waals surface area contributed by atoms with Crippen LogP contribution in [0.15, 0.2) is 23.1 Å². The monoisotopic (exact) mass is 478 g/mol. The fraction of sp³-hybridized carbons (Fsp3) is 0.727. The molecule has 1 aromatic rings. The van der Waals surface area contributed by atoms with Crippen molar-refractivity contribution in [2.24, 2.45) is 0 Å². The summed E-state index contributed by atoms with van der Waals surface area (Å²) in [7, 11) is -5.47. The first kappa shape index (κ1) is 25.1. The Morgan fingerprint density at radius 2 is 1.81 bits per heavy atom. The maximum atomic E-state index is 12.9. The van der Waals surface area contributed by atoms with E-state index < -0.39 is 20.2 Å². The van der Waals surface area contributed by atoms with Gasteiger partial charge in [0.1, 0.15) is 5.75 Å². The Kier molecular flexibility index (Phi) is 7.66. The van der Waals surface area contributed by atoms with E-state index in [1.165, 1.54) is 0 Å². The summed E-state index contributed by atoms with van der Waals surface area (Å²) in [6.45, 7) is 6.85. The van der Waals surface area contributed by atoms with E-state index in [-0.39, 0.29) is 23.0 Å². The van der Waals surface area contributed by atoms with Crippen molar-refractivity contribution < 1.29 is 31.4 Å². The number of aromatic hydroxyl groups is 1. The van der Waals surface area contributed by atoms with Crippen molar-refractivity contribution >= 4 is 15.5 Å². The van der Waals surface area contributed by atoms with Crippen molar-refractivity contribution in [1.29, 1.82) is 0 Å². The molecule has 6 nitrogen and oxygen atoms in total. The van der Waals surface area contributed by atoms with Gasteiger partial charge in [0.15, 0.2) is 0 Å². The Morgan fingerprint density at radius 1 is 1.19 bits per heavy atom. The molecule has 0 bridgehead atoms. The average Bonchev–Trinajstić information content (AvgIpc) is 2.74. The van der Waals surface area contributed by atoms with Gasteiger partial charge in [-0.3, -0.25) is 4.90 Å². The summed E-state index contributed by atoms with van der Waals surface area (Å²) >= 11 is 0. The largest absolute Gasteiger partial charge is 0.506 e. The molecule has 3 rings (SSSR count). The third-order valence-electron chi connectivity index (χ3n) is 6.77. The lowest BCUT2D eigenvalue weighted by Gasteiger charge is -2.48. The Labute approximate surface area is 188 Å². The van der Waals surface area contributed by atoms with E-state index in [1.54, 1.807) is 0 Å². The molecule has 182 valence electrons. The van der Waals surface area contributed by atoms with Crippen LogP contribution in [-0.4, -0.2) is 61.3 Å². The molecule has 32 heavy (non-hydrogen) atoms. The minimum absolute atomic E-state index is 0.00793. The first-order valence-corrected chi connectivity index (χ1v) is 12.7. The van der Waals surface area contributed by atoms with Crippen LogP contribution in [0.25, 0.3) is 0 Å². The van der Waals surface area contributed by atoms with Crippen molar-refractivity contribution in [1.82, 2.24) is 4.90 Å². The lowest BCUT2D eigenvalue weighted by molar-refractivity contribution is -0.0436. The smallest absolute Gasteiger partial charge is 0.501 e. The molecule has 1 aliphatic heterocycles. The van der Waals surface area contributed by atoms with Gasteiger partial charge in [-0.15, -0.1) is 0 Å². The number of phenols is 1. The lowest BCUT2D eigenvalue weighted by atomic mass is 9.79. The molecule has 2 fully saturated rings. The standard InChI is InChI=1S/C22H33F3N2O4S/c1-3-14-31-17-6-10-21(2,11-7-17)27-12-8-16(9-13-27)26-19-15-18(4-5-20(19)28)32(29,30)22(23,24)25/h4-5,15-17,26,28H,3,6-14H2,1-2H3. The minimum Gasteiger partial charge on any atom is -0.506 e. The first-order chi connectivity index (χ1) is 15.0. The molecular formula is C22H33F3N2O4S. The predicted octanol–water partition coefficient (Wildman–Crippen LogP) is 4.69. The molecule has 1 heterocycles. The average molecular weight is 479 g/mol. The highest BCUT2D eigenvalue weighted by Crippen LogP contribution is 2.38. The third kappa shape index (κ3) is 5.51. The predicted molar refractivity (Wildman–Crippen MR) is 116 cm³/mol. The van der Waals surface area contributed by atoms with E-state index >= 15 is 0 Å². The van der Waals surface area contributed by atoms with E-state index in [0.29, 0.717) is 6.10 Å². The van der Waals surface area contributed by atoms with Gasteiger partial charge in [-0.05, 0) is 70.1 Å². The fourth-order valence-corrected chi connectivity index (χ4v) is 5.48. The molecule has 0 radical (unpaired) electrons. The molecule has 2 aliphatic rings. The quantitative estimate of drug-likeness (QED) is 0.554. The van der Waals surface area contributed by atoms with Crippen LogP contribution in [0.5, 0.6) is 5.75 Å². The van der Waals surface area contributed by atoms with Gasteiger partial charge < -0.3 is 15.2 Å². The van der Waals surface area contributed by atoms with E-state index in [1.807, 2.05) is 0 Å². The van der Waals surface area contributed by atoms with Gasteiger partial charge in [0.25, 0.3) is 9.84 Å². The highest BCUT2D eigenvalue weighted by Gasteiger charge is 2.47. The summed E-state index contributed by atoms with van der Waals surface area (Å²) in [5, 5.41) is 13.1. The SMILES string of the molecule is CCCOC1CCC(C)(N2CCC(Nc3cc(S(=O)(=O)C(F)(F)F)ccc3O)CC2)CC1. The van der Waals surface area contributed by atoms with Crippen LogP contribution in [0.3, 0.4) is 0 Å². The van der Waals surface area contributed by atoms with E-state index in [0.717, 1.165) is 82.8 Å². The second-order valence-corrected chi connectivity index (χ2v) is 11.0. The molecule has 0 amide bonds. The van der Waals surface area contributed by atoms with E-state index in [4.69, 9.17) is 4.74 Å². The summed E-state index contributed by atoms with van der Waals surface area (Å²) in [4.78, 5) is 1.60. The Morgan fingerprint density at radius 3 is 2.38 bits per heavy atom. The highest BCUT2D eigenvalue weighted by atomic mass is 32.2. The lowest BCUT2D eigenvalue weighted by Crippen LogP contribution is -2.53. The number of piperidine rings is 1. The van der Waals surface area contributed by atoms with Gasteiger partial charge in [0.2, 0.25) is 0 Å². The van der Waals surface area contributed by atoms with Crippen molar-refractivity contribution in [2.75, 3.05) is 25.0 Å². The number of benzene rings is 1. The first-order valence-electron chi connectivity index (χ1n) is 11.2. The van der Waals surface area contributed by atoms with Crippen LogP contribution in [-0.2, 0) is 14.6 Å². The van der Waals surface area contributed by atoms with Crippen LogP contribution >= 0.6 is 0 Å². The Hall–Kier alpha value is -1.52. The molecule has 1 aliphatic carbocycles. The number of likely N-dealkylation sites (tertiary alicyclic amines) is 1. The van der Waals surface area contributed by atoms with Crippen molar-refractivity contribution in [3.8, 4) is 5.75 Å². The minimum atomic E-state index is -5.47. The summed E-state index contributed by atoms with van der Waals surface area (Å²) in [5.74, 6) is -0.272. The van der Waals surface area contributed by atoms with Gasteiger partial charge in [0.05, 0.1) is 16.7 Å². The van der Waals surface area contributed by atoms with Gasteiger partial charge in [0, 0.05) is 31.3 Å². The molecule has 0 aromatic heterocycles. The molecule has 1 aromatic carbocycles. The second-order valence-electron chi connectivity index (χ2n) is 9.10. The summed E-state index contributed by atoms with van der Waals surface area (Å²) < 4.78 is 67.9.